The van der Waals surface area contributed by atoms with Crippen molar-refractivity contribution < 1.29 is 0 Å². The number of anilines is 3. The highest BCUT2D eigenvalue weighted by Crippen LogP contribution is 2.64. The van der Waals surface area contributed by atoms with E-state index >= 15 is 0 Å². The van der Waals surface area contributed by atoms with Crippen LogP contribution in [0.5, 0.6) is 0 Å². The fraction of sp³-hybridized carbons (Fsp3) is 0.0208. The lowest BCUT2D eigenvalue weighted by molar-refractivity contribution is 0.795. The van der Waals surface area contributed by atoms with Crippen LogP contribution in [0.25, 0.3) is 53.2 Å². The summed E-state index contributed by atoms with van der Waals surface area (Å²) in [6, 6.07) is 63.1. The van der Waals surface area contributed by atoms with Gasteiger partial charge in [0, 0.05) is 36.9 Å². The van der Waals surface area contributed by atoms with E-state index in [9.17, 15) is 4.79 Å². The molecule has 8 aromatic carbocycles. The van der Waals surface area contributed by atoms with Crippen LogP contribution in [0.2, 0.25) is 0 Å². The SMILES string of the molecule is O=c1c2ccccc2sc2cc3c(cc12)C1(c2ccccc2-c2ccc(N(c4ccccc4)c4cccc5ccccc45)cc21)c1ccccc1-3. The van der Waals surface area contributed by atoms with E-state index in [4.69, 9.17) is 0 Å². The third-order valence-electron chi connectivity index (χ3n) is 11.0. The van der Waals surface area contributed by atoms with Gasteiger partial charge in [-0.1, -0.05) is 121 Å². The fourth-order valence-corrected chi connectivity index (χ4v) is 10.1. The van der Waals surface area contributed by atoms with E-state index < -0.39 is 5.41 Å². The van der Waals surface area contributed by atoms with Crippen molar-refractivity contribution >= 4 is 59.3 Å². The van der Waals surface area contributed by atoms with E-state index in [0.29, 0.717) is 0 Å². The molecule has 1 unspecified atom stereocenters. The first-order valence-electron chi connectivity index (χ1n) is 17.4. The minimum atomic E-state index is -0.591. The van der Waals surface area contributed by atoms with E-state index in [0.717, 1.165) is 37.2 Å². The standard InChI is InChI=1S/C48H29NOS/c50-47-37-20-8-11-24-45(37)51-46-29-38-35-19-7-10-22-41(35)48(43(38)28-39(46)47)40-21-9-6-18-34(40)36-26-25-32(27-42(36)48)49(31-15-2-1-3-16-31)44-23-12-14-30-13-4-5-17-33(30)44/h1-29H. The molecule has 0 saturated heterocycles. The molecule has 0 saturated carbocycles. The Morgan fingerprint density at radius 1 is 0.412 bits per heavy atom. The van der Waals surface area contributed by atoms with Crippen molar-refractivity contribution in [3.05, 3.63) is 208 Å². The number of nitrogens with zero attached hydrogens (tertiary/aromatic N) is 1. The van der Waals surface area contributed by atoms with Gasteiger partial charge in [0.1, 0.15) is 0 Å². The molecular weight excluding hydrogens is 639 g/mol. The van der Waals surface area contributed by atoms with Gasteiger partial charge < -0.3 is 4.90 Å². The quantitative estimate of drug-likeness (QED) is 0.175. The predicted octanol–water partition coefficient (Wildman–Crippen LogP) is 12.4. The Bertz CT molecular complexity index is 2960. The third-order valence-corrected chi connectivity index (χ3v) is 12.2. The normalized spacial score (nSPS) is 15.2. The zero-order chi connectivity index (χ0) is 33.7. The molecule has 2 nitrogen and oxygen atoms in total. The van der Waals surface area contributed by atoms with Crippen molar-refractivity contribution in [3.8, 4) is 22.3 Å². The molecule has 0 fully saturated rings. The summed E-state index contributed by atoms with van der Waals surface area (Å²) in [6.45, 7) is 0. The van der Waals surface area contributed by atoms with Crippen LogP contribution < -0.4 is 10.3 Å². The van der Waals surface area contributed by atoms with Gasteiger partial charge in [0.2, 0.25) is 0 Å². The molecule has 238 valence electrons. The van der Waals surface area contributed by atoms with Gasteiger partial charge in [-0.05, 0) is 104 Å². The molecule has 0 N–H and O–H groups in total. The van der Waals surface area contributed by atoms with Gasteiger partial charge in [-0.2, -0.15) is 0 Å². The Morgan fingerprint density at radius 2 is 1.04 bits per heavy atom. The highest BCUT2D eigenvalue weighted by molar-refractivity contribution is 7.24. The smallest absolute Gasteiger partial charge is 0.195 e. The summed E-state index contributed by atoms with van der Waals surface area (Å²) >= 11 is 1.70. The van der Waals surface area contributed by atoms with Crippen LogP contribution in [0.15, 0.2) is 181 Å². The molecule has 1 atom stereocenters. The van der Waals surface area contributed by atoms with Crippen LogP contribution in [-0.2, 0) is 5.41 Å². The van der Waals surface area contributed by atoms with Gasteiger partial charge in [-0.3, -0.25) is 4.79 Å². The summed E-state index contributed by atoms with van der Waals surface area (Å²) in [4.78, 5) is 16.6. The van der Waals surface area contributed by atoms with Crippen molar-refractivity contribution in [1.82, 2.24) is 0 Å². The molecule has 0 aliphatic heterocycles. The van der Waals surface area contributed by atoms with Crippen molar-refractivity contribution in [2.24, 2.45) is 0 Å². The van der Waals surface area contributed by atoms with Crippen LogP contribution >= 0.6 is 11.3 Å². The molecule has 0 bridgehead atoms. The van der Waals surface area contributed by atoms with Crippen LogP contribution in [0.3, 0.4) is 0 Å². The van der Waals surface area contributed by atoms with Crippen molar-refractivity contribution in [2.45, 2.75) is 5.41 Å². The Hall–Kier alpha value is -6.29. The summed E-state index contributed by atoms with van der Waals surface area (Å²) < 4.78 is 2.04. The summed E-state index contributed by atoms with van der Waals surface area (Å²) in [5.74, 6) is 0. The average molecular weight is 668 g/mol. The fourth-order valence-electron chi connectivity index (χ4n) is 8.97. The van der Waals surface area contributed by atoms with Gasteiger partial charge in [-0.25, -0.2) is 0 Å². The first-order chi connectivity index (χ1) is 25.2. The van der Waals surface area contributed by atoms with E-state index in [1.165, 1.54) is 55.3 Å². The second-order valence-electron chi connectivity index (χ2n) is 13.6. The van der Waals surface area contributed by atoms with Crippen molar-refractivity contribution in [3.63, 3.8) is 0 Å². The highest BCUT2D eigenvalue weighted by Gasteiger charge is 2.52. The first kappa shape index (κ1) is 28.5. The second-order valence-corrected chi connectivity index (χ2v) is 14.6. The Labute approximate surface area is 299 Å². The zero-order valence-electron chi connectivity index (χ0n) is 27.5. The molecule has 1 spiro atoms. The lowest BCUT2D eigenvalue weighted by Gasteiger charge is -2.32. The lowest BCUT2D eigenvalue weighted by atomic mass is 9.70. The molecule has 0 radical (unpaired) electrons. The third kappa shape index (κ3) is 3.84. The molecule has 11 rings (SSSR count). The molecule has 2 aliphatic carbocycles. The number of rotatable bonds is 3. The van der Waals surface area contributed by atoms with E-state index in [1.807, 2.05) is 18.2 Å². The number of benzene rings is 8. The van der Waals surface area contributed by atoms with Crippen molar-refractivity contribution in [1.29, 1.82) is 0 Å². The predicted molar refractivity (Wildman–Crippen MR) is 214 cm³/mol. The minimum Gasteiger partial charge on any atom is -0.310 e. The second kappa shape index (κ2) is 10.6. The largest absolute Gasteiger partial charge is 0.310 e. The maximum atomic E-state index is 14.2. The Balaban J connectivity index is 1.25. The molecule has 0 amide bonds. The van der Waals surface area contributed by atoms with Gasteiger partial charge in [0.05, 0.1) is 11.1 Å². The summed E-state index contributed by atoms with van der Waals surface area (Å²) in [7, 11) is 0. The lowest BCUT2D eigenvalue weighted by Crippen LogP contribution is -2.26. The Morgan fingerprint density at radius 3 is 1.86 bits per heavy atom. The average Bonchev–Trinajstić information content (AvgIpc) is 3.64. The van der Waals surface area contributed by atoms with Crippen LogP contribution in [-0.4, -0.2) is 0 Å². The van der Waals surface area contributed by atoms with Crippen molar-refractivity contribution in [2.75, 3.05) is 4.90 Å². The number of hydrogen-bond donors (Lipinski definition) is 0. The van der Waals surface area contributed by atoms with E-state index in [-0.39, 0.29) is 5.43 Å². The highest BCUT2D eigenvalue weighted by atomic mass is 32.1. The number of fused-ring (bicyclic) bond motifs is 13. The van der Waals surface area contributed by atoms with Gasteiger partial charge >= 0.3 is 0 Å². The van der Waals surface area contributed by atoms with E-state index in [1.54, 1.807) is 11.3 Å². The number of para-hydroxylation sites is 1. The molecule has 2 aliphatic rings. The van der Waals surface area contributed by atoms with Crippen LogP contribution in [0, 0.1) is 0 Å². The maximum absolute atomic E-state index is 14.2. The molecule has 9 aromatic rings. The summed E-state index contributed by atoms with van der Waals surface area (Å²) in [6.07, 6.45) is 0. The van der Waals surface area contributed by atoms with Gasteiger partial charge in [0.25, 0.3) is 0 Å². The molecule has 51 heavy (non-hydrogen) atoms. The molecular formula is C48H29NOS. The molecule has 3 heteroatoms. The molecule has 1 aromatic heterocycles. The zero-order valence-corrected chi connectivity index (χ0v) is 28.3. The summed E-state index contributed by atoms with van der Waals surface area (Å²) in [5, 5.41) is 3.96. The number of hydrogen-bond acceptors (Lipinski definition) is 3. The van der Waals surface area contributed by atoms with Gasteiger partial charge in [0.15, 0.2) is 5.43 Å². The maximum Gasteiger partial charge on any atom is 0.195 e. The Kier molecular flexibility index (Phi) is 5.93. The topological polar surface area (TPSA) is 20.3 Å². The van der Waals surface area contributed by atoms with Crippen LogP contribution in [0.4, 0.5) is 17.1 Å². The van der Waals surface area contributed by atoms with Crippen LogP contribution in [0.1, 0.15) is 22.3 Å². The molecule has 1 heterocycles. The first-order valence-corrected chi connectivity index (χ1v) is 18.2. The van der Waals surface area contributed by atoms with Gasteiger partial charge in [-0.15, -0.1) is 11.3 Å². The summed E-state index contributed by atoms with van der Waals surface area (Å²) in [5.41, 5.74) is 12.7. The minimum absolute atomic E-state index is 0.0970. The van der Waals surface area contributed by atoms with E-state index in [2.05, 4.69) is 163 Å². The monoisotopic (exact) mass is 667 g/mol.